The van der Waals surface area contributed by atoms with Crippen LogP contribution in [0.1, 0.15) is 6.04 Å². The molecule has 1 saturated heterocycles. The lowest BCUT2D eigenvalue weighted by Gasteiger charge is -2.41. The number of aromatic amines is 1. The molecule has 0 amide bonds. The highest BCUT2D eigenvalue weighted by atomic mass is 35.5. The zero-order valence-electron chi connectivity index (χ0n) is 14.9. The summed E-state index contributed by atoms with van der Waals surface area (Å²) in [5, 5.41) is 41.2. The minimum atomic E-state index is -1.26. The van der Waals surface area contributed by atoms with Crippen molar-refractivity contribution in [1.29, 1.82) is 0 Å². The van der Waals surface area contributed by atoms with Gasteiger partial charge in [-0.2, -0.15) is 0 Å². The number of halogens is 2. The largest absolute Gasteiger partial charge is 0.394 e. The fourth-order valence-electron chi connectivity index (χ4n) is 3.03. The number of thiazole rings is 1. The van der Waals surface area contributed by atoms with Crippen LogP contribution in [-0.2, 0) is 4.74 Å². The maximum absolute atomic E-state index is 11.4. The summed E-state index contributed by atoms with van der Waals surface area (Å²) in [6, 6.07) is 0.613. The van der Waals surface area contributed by atoms with Crippen LogP contribution in [0.15, 0.2) is 33.5 Å². The van der Waals surface area contributed by atoms with Gasteiger partial charge in [0.2, 0.25) is 0 Å². The molecule has 4 heterocycles. The zero-order valence-corrected chi connectivity index (χ0v) is 18.1. The molecule has 0 bridgehead atoms. The molecule has 5 atom stereocenters. The van der Waals surface area contributed by atoms with Gasteiger partial charge in [-0.05, 0) is 6.07 Å². The second-order valence-corrected chi connectivity index (χ2v) is 9.18. The van der Waals surface area contributed by atoms with E-state index in [2.05, 4.69) is 20.3 Å². The summed E-state index contributed by atoms with van der Waals surface area (Å²) in [5.74, 6) is 0. The number of rotatable bonds is 5. The van der Waals surface area contributed by atoms with Gasteiger partial charge in [0, 0.05) is 16.5 Å². The summed E-state index contributed by atoms with van der Waals surface area (Å²) in [6.45, 7) is -0.472. The number of aliphatic hydroxyl groups excluding tert-OH is 3. The number of aliphatic hydroxyl groups is 3. The van der Waals surface area contributed by atoms with E-state index in [1.165, 1.54) is 17.1 Å². The van der Waals surface area contributed by atoms with E-state index in [0.29, 0.717) is 16.3 Å². The molecule has 4 N–H and O–H groups in total. The summed E-state index contributed by atoms with van der Waals surface area (Å²) in [4.78, 5) is 18.3. The highest BCUT2D eigenvalue weighted by Gasteiger charge is 2.46. The monoisotopic (exact) mass is 491 g/mol. The summed E-state index contributed by atoms with van der Waals surface area (Å²) >= 11 is 13.9. The van der Waals surface area contributed by atoms with E-state index >= 15 is 0 Å². The van der Waals surface area contributed by atoms with Crippen LogP contribution in [0.4, 0.5) is 0 Å². The van der Waals surface area contributed by atoms with E-state index in [4.69, 9.17) is 27.9 Å². The average Bonchev–Trinajstić information content (AvgIpc) is 3.36. The van der Waals surface area contributed by atoms with Crippen molar-refractivity contribution >= 4 is 46.3 Å². The molecule has 1 aliphatic heterocycles. The second kappa shape index (κ2) is 8.93. The van der Waals surface area contributed by atoms with Gasteiger partial charge in [0.05, 0.1) is 23.5 Å². The first-order valence-corrected chi connectivity index (χ1v) is 11.1. The molecule has 0 saturated carbocycles. The first-order chi connectivity index (χ1) is 14.4. The first-order valence-electron chi connectivity index (χ1n) is 8.57. The fourth-order valence-corrected chi connectivity index (χ4v) is 5.01. The Morgan fingerprint density at radius 3 is 2.80 bits per heavy atom. The van der Waals surface area contributed by atoms with Crippen LogP contribution in [0.25, 0.3) is 11.4 Å². The van der Waals surface area contributed by atoms with Gasteiger partial charge >= 0.3 is 4.87 Å². The van der Waals surface area contributed by atoms with Crippen LogP contribution in [-0.4, -0.2) is 70.6 Å². The molecule has 0 spiro atoms. The van der Waals surface area contributed by atoms with Gasteiger partial charge in [0.1, 0.15) is 40.6 Å². The Morgan fingerprint density at radius 1 is 1.33 bits per heavy atom. The third kappa shape index (κ3) is 4.27. The molecular weight excluding hydrogens is 477 g/mol. The highest BCUT2D eigenvalue weighted by Crippen LogP contribution is 2.39. The molecule has 1 fully saturated rings. The number of aromatic nitrogens is 5. The average molecular weight is 492 g/mol. The van der Waals surface area contributed by atoms with Gasteiger partial charge in [-0.3, -0.25) is 4.79 Å². The van der Waals surface area contributed by atoms with E-state index in [0.717, 1.165) is 23.1 Å². The van der Waals surface area contributed by atoms with Crippen LogP contribution in [0, 0.1) is 0 Å². The summed E-state index contributed by atoms with van der Waals surface area (Å²) in [6.07, 6.45) is -0.482. The van der Waals surface area contributed by atoms with Gasteiger partial charge in [0.15, 0.2) is 0 Å². The molecule has 0 aromatic carbocycles. The van der Waals surface area contributed by atoms with Gasteiger partial charge in [0.25, 0.3) is 0 Å². The number of hydrogen-bond acceptors (Lipinski definition) is 10. The van der Waals surface area contributed by atoms with Crippen molar-refractivity contribution in [2.45, 2.75) is 34.7 Å². The topological polar surface area (TPSA) is 146 Å². The standard InChI is InChI=1S/C16H15Cl2N5O5S2/c17-7-1-6(2-19-14(7)18)30-15-13(26)11(12(25)10(4-24)28-15)23-3-8(21-22-23)9-5-29-16(27)20-9/h1-3,5,10-13,15,24-26H,4H2,(H,20,27)/t10?,11?,12-,13?,15+/m0/s1. The molecule has 0 aliphatic carbocycles. The molecule has 160 valence electrons. The van der Waals surface area contributed by atoms with Gasteiger partial charge in [-0.25, -0.2) is 9.67 Å². The maximum Gasteiger partial charge on any atom is 0.304 e. The SMILES string of the molecule is O=c1[nH]c(-c2cn(C3C(O)[C@@H](Sc4cnc(Cl)c(Cl)c4)OC(CO)[C@@H]3O)nn2)cs1. The fraction of sp³-hybridized carbons (Fsp3) is 0.375. The van der Waals surface area contributed by atoms with Crippen LogP contribution in [0.3, 0.4) is 0 Å². The Kier molecular flexibility index (Phi) is 6.46. The summed E-state index contributed by atoms with van der Waals surface area (Å²) in [7, 11) is 0. The van der Waals surface area contributed by atoms with Crippen molar-refractivity contribution in [1.82, 2.24) is 25.0 Å². The molecule has 3 aromatic heterocycles. The summed E-state index contributed by atoms with van der Waals surface area (Å²) < 4.78 is 6.98. The third-order valence-electron chi connectivity index (χ3n) is 4.48. The lowest BCUT2D eigenvalue weighted by atomic mass is 9.97. The predicted octanol–water partition coefficient (Wildman–Crippen LogP) is 1.17. The van der Waals surface area contributed by atoms with Crippen molar-refractivity contribution in [3.63, 3.8) is 0 Å². The first kappa shape index (κ1) is 21.7. The van der Waals surface area contributed by atoms with E-state index in [1.807, 2.05) is 0 Å². The Bertz CT molecular complexity index is 1090. The van der Waals surface area contributed by atoms with Crippen molar-refractivity contribution < 1.29 is 20.1 Å². The van der Waals surface area contributed by atoms with Crippen molar-refractivity contribution in [2.75, 3.05) is 6.61 Å². The summed E-state index contributed by atoms with van der Waals surface area (Å²) in [5.41, 5.74) is -0.0281. The molecule has 1 aliphatic rings. The number of pyridine rings is 1. The zero-order chi connectivity index (χ0) is 21.4. The van der Waals surface area contributed by atoms with Crippen molar-refractivity contribution in [3.8, 4) is 11.4 Å². The van der Waals surface area contributed by atoms with Crippen molar-refractivity contribution in [2.24, 2.45) is 0 Å². The third-order valence-corrected chi connectivity index (χ3v) is 6.96. The van der Waals surface area contributed by atoms with Crippen molar-refractivity contribution in [3.05, 3.63) is 43.7 Å². The van der Waals surface area contributed by atoms with Gasteiger partial charge < -0.3 is 25.0 Å². The Balaban J connectivity index is 1.62. The molecule has 10 nitrogen and oxygen atoms in total. The van der Waals surface area contributed by atoms with Crippen LogP contribution in [0.5, 0.6) is 0 Å². The Hall–Kier alpha value is -1.51. The Morgan fingerprint density at radius 2 is 2.13 bits per heavy atom. The number of hydrogen-bond donors (Lipinski definition) is 4. The number of H-pyrrole nitrogens is 1. The maximum atomic E-state index is 11.4. The predicted molar refractivity (Wildman–Crippen MR) is 111 cm³/mol. The quantitative estimate of drug-likeness (QED) is 0.386. The number of thioether (sulfide) groups is 1. The molecule has 30 heavy (non-hydrogen) atoms. The van der Waals surface area contributed by atoms with E-state index in [1.54, 1.807) is 11.4 Å². The molecule has 4 rings (SSSR count). The number of nitrogens with zero attached hydrogens (tertiary/aromatic N) is 4. The van der Waals surface area contributed by atoms with Crippen LogP contribution in [0.2, 0.25) is 10.2 Å². The van der Waals surface area contributed by atoms with E-state index < -0.39 is 36.4 Å². The molecule has 3 aromatic rings. The lowest BCUT2D eigenvalue weighted by Crippen LogP contribution is -2.55. The van der Waals surface area contributed by atoms with E-state index in [9.17, 15) is 20.1 Å². The normalized spacial score (nSPS) is 26.8. The molecule has 3 unspecified atom stereocenters. The highest BCUT2D eigenvalue weighted by molar-refractivity contribution is 7.99. The van der Waals surface area contributed by atoms with Crippen LogP contribution < -0.4 is 4.87 Å². The Labute approximate surface area is 187 Å². The van der Waals surface area contributed by atoms with Gasteiger partial charge in [-0.1, -0.05) is 51.5 Å². The lowest BCUT2D eigenvalue weighted by molar-refractivity contribution is -0.178. The minimum absolute atomic E-state index is 0.147. The molecule has 0 radical (unpaired) electrons. The minimum Gasteiger partial charge on any atom is -0.394 e. The number of ether oxygens (including phenoxy) is 1. The van der Waals surface area contributed by atoms with Gasteiger partial charge in [-0.15, -0.1) is 5.10 Å². The van der Waals surface area contributed by atoms with Crippen LogP contribution >= 0.6 is 46.3 Å². The van der Waals surface area contributed by atoms with E-state index in [-0.39, 0.29) is 15.0 Å². The smallest absolute Gasteiger partial charge is 0.304 e. The number of nitrogens with one attached hydrogen (secondary N) is 1. The molecular formula is C16H15Cl2N5O5S2. The second-order valence-electron chi connectivity index (χ2n) is 6.40. The molecule has 14 heteroatoms.